The number of halogens is 1. The normalized spacial score (nSPS) is 10.5. The van der Waals surface area contributed by atoms with Gasteiger partial charge in [-0.3, -0.25) is 4.98 Å². The molecule has 0 aliphatic rings. The minimum Gasteiger partial charge on any atom is -0.366 e. The number of nitrogens with zero attached hydrogens (tertiary/aromatic N) is 3. The molecule has 0 saturated carbocycles. The Kier molecular flexibility index (Phi) is 5.20. The van der Waals surface area contributed by atoms with E-state index in [1.165, 1.54) is 6.07 Å². The zero-order valence-electron chi connectivity index (χ0n) is 15.0. The first kappa shape index (κ1) is 17.6. The molecule has 4 rings (SSSR count). The van der Waals surface area contributed by atoms with Crippen molar-refractivity contribution in [3.8, 4) is 11.4 Å². The largest absolute Gasteiger partial charge is 0.366 e. The molecule has 4 aromatic rings. The molecule has 0 amide bonds. The van der Waals surface area contributed by atoms with Gasteiger partial charge in [-0.25, -0.2) is 14.4 Å². The Morgan fingerprint density at radius 3 is 2.29 bits per heavy atom. The van der Waals surface area contributed by atoms with E-state index in [1.54, 1.807) is 36.7 Å². The van der Waals surface area contributed by atoms with E-state index in [0.29, 0.717) is 29.7 Å². The summed E-state index contributed by atoms with van der Waals surface area (Å²) in [5.41, 5.74) is 2.32. The van der Waals surface area contributed by atoms with E-state index >= 15 is 0 Å². The van der Waals surface area contributed by atoms with Gasteiger partial charge in [0.1, 0.15) is 17.5 Å². The van der Waals surface area contributed by atoms with Crippen LogP contribution in [0.4, 0.5) is 21.7 Å². The lowest BCUT2D eigenvalue weighted by Crippen LogP contribution is -2.05. The molecule has 28 heavy (non-hydrogen) atoms. The Morgan fingerprint density at radius 1 is 0.786 bits per heavy atom. The molecule has 138 valence electrons. The number of nitrogens with one attached hydrogen (secondary N) is 2. The van der Waals surface area contributed by atoms with Crippen LogP contribution in [-0.2, 0) is 6.54 Å². The molecule has 0 spiro atoms. The third-order valence-electron chi connectivity index (χ3n) is 4.12. The molecule has 2 aromatic heterocycles. The van der Waals surface area contributed by atoms with Gasteiger partial charge in [-0.05, 0) is 29.8 Å². The van der Waals surface area contributed by atoms with Crippen molar-refractivity contribution < 1.29 is 4.39 Å². The zero-order valence-corrected chi connectivity index (χ0v) is 15.0. The van der Waals surface area contributed by atoms with E-state index in [-0.39, 0.29) is 5.82 Å². The summed E-state index contributed by atoms with van der Waals surface area (Å²) in [6.45, 7) is 0.590. The summed E-state index contributed by atoms with van der Waals surface area (Å²) in [4.78, 5) is 13.2. The average Bonchev–Trinajstić information content (AvgIpc) is 2.75. The van der Waals surface area contributed by atoms with Gasteiger partial charge in [0, 0.05) is 30.6 Å². The minimum absolute atomic E-state index is 0.339. The SMILES string of the molecule is Fc1ccccc1Nc1cc(NCc2ccncc2)nc(-c2ccccc2)n1. The highest BCUT2D eigenvalue weighted by Crippen LogP contribution is 2.24. The number of anilines is 3. The maximum absolute atomic E-state index is 14.0. The smallest absolute Gasteiger partial charge is 0.163 e. The molecule has 0 aliphatic carbocycles. The lowest BCUT2D eigenvalue weighted by atomic mass is 10.2. The predicted molar refractivity (Wildman–Crippen MR) is 109 cm³/mol. The predicted octanol–water partition coefficient (Wildman–Crippen LogP) is 5.03. The Balaban J connectivity index is 1.65. The highest BCUT2D eigenvalue weighted by molar-refractivity contribution is 5.65. The molecule has 2 N–H and O–H groups in total. The molecule has 0 atom stereocenters. The van der Waals surface area contributed by atoms with E-state index in [9.17, 15) is 4.39 Å². The number of pyridine rings is 1. The van der Waals surface area contributed by atoms with Gasteiger partial charge < -0.3 is 10.6 Å². The lowest BCUT2D eigenvalue weighted by molar-refractivity contribution is 0.632. The van der Waals surface area contributed by atoms with Crippen molar-refractivity contribution in [3.63, 3.8) is 0 Å². The van der Waals surface area contributed by atoms with Crippen molar-refractivity contribution in [2.45, 2.75) is 6.54 Å². The van der Waals surface area contributed by atoms with Crippen LogP contribution in [0.1, 0.15) is 5.56 Å². The highest BCUT2D eigenvalue weighted by atomic mass is 19.1. The number of aromatic nitrogens is 3. The van der Waals surface area contributed by atoms with Gasteiger partial charge in [0.15, 0.2) is 5.82 Å². The Bertz CT molecular complexity index is 1050. The number of rotatable bonds is 6. The fourth-order valence-corrected chi connectivity index (χ4v) is 2.71. The van der Waals surface area contributed by atoms with Crippen LogP contribution in [0, 0.1) is 5.82 Å². The standard InChI is InChI=1S/C22H18FN5/c23-18-8-4-5-9-19(18)26-21-14-20(25-15-16-10-12-24-13-11-16)27-22(28-21)17-6-2-1-3-7-17/h1-14H,15H2,(H2,25,26,27,28). The van der Waals surface area contributed by atoms with E-state index < -0.39 is 0 Å². The summed E-state index contributed by atoms with van der Waals surface area (Å²) in [5.74, 6) is 1.37. The van der Waals surface area contributed by atoms with Gasteiger partial charge in [-0.1, -0.05) is 42.5 Å². The molecular weight excluding hydrogens is 353 g/mol. The highest BCUT2D eigenvalue weighted by Gasteiger charge is 2.09. The van der Waals surface area contributed by atoms with E-state index in [2.05, 4.69) is 25.6 Å². The van der Waals surface area contributed by atoms with E-state index in [0.717, 1.165) is 11.1 Å². The molecule has 2 heterocycles. The Morgan fingerprint density at radius 2 is 1.50 bits per heavy atom. The van der Waals surface area contributed by atoms with Crippen molar-refractivity contribution in [2.24, 2.45) is 0 Å². The molecule has 0 fully saturated rings. The monoisotopic (exact) mass is 371 g/mol. The first-order chi connectivity index (χ1) is 13.8. The van der Waals surface area contributed by atoms with Gasteiger partial charge >= 0.3 is 0 Å². The van der Waals surface area contributed by atoms with Crippen LogP contribution in [0.5, 0.6) is 0 Å². The van der Waals surface area contributed by atoms with Crippen LogP contribution in [0.2, 0.25) is 0 Å². The molecule has 0 radical (unpaired) electrons. The van der Waals surface area contributed by atoms with E-state index in [1.807, 2.05) is 42.5 Å². The van der Waals surface area contributed by atoms with Crippen molar-refractivity contribution >= 4 is 17.3 Å². The molecule has 6 heteroatoms. The summed E-state index contributed by atoms with van der Waals surface area (Å²) in [5, 5.41) is 6.34. The van der Waals surface area contributed by atoms with Crippen molar-refractivity contribution in [1.29, 1.82) is 0 Å². The second-order valence-corrected chi connectivity index (χ2v) is 6.14. The van der Waals surface area contributed by atoms with Crippen LogP contribution in [-0.4, -0.2) is 15.0 Å². The molecule has 2 aromatic carbocycles. The minimum atomic E-state index is -0.339. The zero-order chi connectivity index (χ0) is 19.2. The third-order valence-corrected chi connectivity index (χ3v) is 4.12. The van der Waals surface area contributed by atoms with Gasteiger partial charge in [0.05, 0.1) is 5.69 Å². The summed E-state index contributed by atoms with van der Waals surface area (Å²) in [6.07, 6.45) is 3.50. The van der Waals surface area contributed by atoms with Gasteiger partial charge in [0.25, 0.3) is 0 Å². The van der Waals surface area contributed by atoms with Crippen LogP contribution in [0.25, 0.3) is 11.4 Å². The molecule has 0 aliphatic heterocycles. The fraction of sp³-hybridized carbons (Fsp3) is 0.0455. The first-order valence-corrected chi connectivity index (χ1v) is 8.87. The Labute approximate surface area is 162 Å². The maximum atomic E-state index is 14.0. The van der Waals surface area contributed by atoms with Gasteiger partial charge in [0.2, 0.25) is 0 Å². The number of hydrogen-bond donors (Lipinski definition) is 2. The summed E-state index contributed by atoms with van der Waals surface area (Å²) in [6, 6.07) is 21.8. The average molecular weight is 371 g/mol. The summed E-state index contributed by atoms with van der Waals surface area (Å²) < 4.78 is 14.0. The second-order valence-electron chi connectivity index (χ2n) is 6.14. The quantitative estimate of drug-likeness (QED) is 0.497. The molecule has 0 bridgehead atoms. The van der Waals surface area contributed by atoms with Crippen LogP contribution < -0.4 is 10.6 Å². The number of benzene rings is 2. The molecular formula is C22H18FN5. The number of para-hydroxylation sites is 1. The maximum Gasteiger partial charge on any atom is 0.163 e. The van der Waals surface area contributed by atoms with Crippen molar-refractivity contribution in [2.75, 3.05) is 10.6 Å². The molecule has 0 unspecified atom stereocenters. The van der Waals surface area contributed by atoms with Gasteiger partial charge in [-0.15, -0.1) is 0 Å². The second kappa shape index (κ2) is 8.26. The topological polar surface area (TPSA) is 62.7 Å². The van der Waals surface area contributed by atoms with Gasteiger partial charge in [-0.2, -0.15) is 0 Å². The van der Waals surface area contributed by atoms with E-state index in [4.69, 9.17) is 0 Å². The van der Waals surface area contributed by atoms with Crippen LogP contribution in [0.3, 0.4) is 0 Å². The van der Waals surface area contributed by atoms with Crippen LogP contribution >= 0.6 is 0 Å². The third kappa shape index (κ3) is 4.29. The number of hydrogen-bond acceptors (Lipinski definition) is 5. The molecule has 5 nitrogen and oxygen atoms in total. The van der Waals surface area contributed by atoms with Crippen molar-refractivity contribution in [3.05, 3.63) is 96.6 Å². The Hall–Kier alpha value is -3.80. The van der Waals surface area contributed by atoms with Crippen LogP contribution in [0.15, 0.2) is 85.2 Å². The summed E-state index contributed by atoms with van der Waals surface area (Å²) in [7, 11) is 0. The fourth-order valence-electron chi connectivity index (χ4n) is 2.71. The first-order valence-electron chi connectivity index (χ1n) is 8.87. The molecule has 0 saturated heterocycles. The lowest BCUT2D eigenvalue weighted by Gasteiger charge is -2.12. The summed E-state index contributed by atoms with van der Waals surface area (Å²) >= 11 is 0. The van der Waals surface area contributed by atoms with Crippen molar-refractivity contribution in [1.82, 2.24) is 15.0 Å².